The minimum atomic E-state index is -1.07. The van der Waals surface area contributed by atoms with E-state index < -0.39 is 77.6 Å². The Morgan fingerprint density at radius 1 is 1.04 bits per heavy atom. The lowest BCUT2D eigenvalue weighted by Crippen LogP contribution is -2.98. The number of rotatable bonds is 14. The first kappa shape index (κ1) is 42.3. The SMILES string of the molecule is CN(C)C(=O)C(NC(=O)CNC(=O)C(=O)C(CC1CC1)[NH2+]C(=O)C1C2CC(C)(C)OC2CN1C(=O)C(NC(=O)OC(C)(C)C)C1CCCCC1)c1cccs1. The lowest BCUT2D eigenvalue weighted by Gasteiger charge is -2.35. The van der Waals surface area contributed by atoms with E-state index in [0.717, 1.165) is 44.9 Å². The molecular formula is C39H59N6O9S+. The molecule has 4 aliphatic rings. The molecule has 6 atom stereocenters. The first-order valence-corrected chi connectivity index (χ1v) is 20.4. The second-order valence-electron chi connectivity index (χ2n) is 17.4. The van der Waals surface area contributed by atoms with Crippen molar-refractivity contribution in [1.29, 1.82) is 0 Å². The number of nitrogens with one attached hydrogen (secondary N) is 3. The minimum Gasteiger partial charge on any atom is -0.444 e. The maximum absolute atomic E-state index is 14.6. The van der Waals surface area contributed by atoms with E-state index in [2.05, 4.69) is 16.0 Å². The summed E-state index contributed by atoms with van der Waals surface area (Å²) in [7, 11) is 3.15. The van der Waals surface area contributed by atoms with Gasteiger partial charge in [-0.2, -0.15) is 0 Å². The normalized spacial score (nSPS) is 23.8. The molecule has 3 heterocycles. The summed E-state index contributed by atoms with van der Waals surface area (Å²) in [5.74, 6) is -4.04. The molecular weight excluding hydrogens is 729 g/mol. The van der Waals surface area contributed by atoms with Gasteiger partial charge in [0.15, 0.2) is 12.1 Å². The van der Waals surface area contributed by atoms with Crippen LogP contribution in [-0.4, -0.2) is 114 Å². The summed E-state index contributed by atoms with van der Waals surface area (Å²) in [5.41, 5.74) is -1.32. The Morgan fingerprint density at radius 2 is 1.73 bits per heavy atom. The molecule has 1 aromatic rings. The molecule has 16 heteroatoms. The summed E-state index contributed by atoms with van der Waals surface area (Å²) in [6, 6.07) is -0.410. The molecule has 15 nitrogen and oxygen atoms in total. The minimum absolute atomic E-state index is 0.141. The van der Waals surface area contributed by atoms with E-state index in [0.29, 0.717) is 11.3 Å². The fourth-order valence-corrected chi connectivity index (χ4v) is 8.95. The van der Waals surface area contributed by atoms with Gasteiger partial charge in [0.05, 0.1) is 18.2 Å². The van der Waals surface area contributed by atoms with Crippen molar-refractivity contribution in [1.82, 2.24) is 25.8 Å². The van der Waals surface area contributed by atoms with Gasteiger partial charge in [-0.15, -0.1) is 11.3 Å². The summed E-state index contributed by atoms with van der Waals surface area (Å²) in [6.07, 6.45) is 5.73. The van der Waals surface area contributed by atoms with Crippen molar-refractivity contribution >= 4 is 52.7 Å². The number of ether oxygens (including phenoxy) is 2. The number of amides is 6. The van der Waals surface area contributed by atoms with Gasteiger partial charge in [0, 0.05) is 37.9 Å². The van der Waals surface area contributed by atoms with E-state index in [9.17, 15) is 33.6 Å². The van der Waals surface area contributed by atoms with Crippen molar-refractivity contribution in [2.75, 3.05) is 27.2 Å². The average Bonchev–Trinajstić information content (AvgIpc) is 3.48. The standard InChI is InChI=1S/C39H58N6O9S/c1-38(2,3)54-37(52)43-29(23-12-9-8-10-13-23)36(51)45-21-26-24(19-39(4,5)53-26)31(45)33(48)41-25(18-22-15-16-22)32(47)34(49)40-20-28(46)42-30(35(50)44(6)7)27-14-11-17-55-27/h11,14,17,22-26,29-31H,8-10,12-13,15-16,18-21H2,1-7H3,(H,40,49)(H,41,48)(H,42,46)(H,43,52)/p+1. The smallest absolute Gasteiger partial charge is 0.408 e. The monoisotopic (exact) mass is 787 g/mol. The summed E-state index contributed by atoms with van der Waals surface area (Å²) in [6.45, 7) is 8.73. The second kappa shape index (κ2) is 17.5. The van der Waals surface area contributed by atoms with Crippen LogP contribution >= 0.6 is 11.3 Å². The van der Waals surface area contributed by atoms with Crippen LogP contribution in [0.3, 0.4) is 0 Å². The van der Waals surface area contributed by atoms with Gasteiger partial charge in [0.1, 0.15) is 17.7 Å². The maximum Gasteiger partial charge on any atom is 0.408 e. The first-order valence-electron chi connectivity index (χ1n) is 19.6. The van der Waals surface area contributed by atoms with Crippen molar-refractivity contribution in [3.05, 3.63) is 22.4 Å². The third kappa shape index (κ3) is 11.1. The van der Waals surface area contributed by atoms with E-state index in [1.807, 2.05) is 13.8 Å². The predicted octanol–water partition coefficient (Wildman–Crippen LogP) is 1.81. The summed E-state index contributed by atoms with van der Waals surface area (Å²) >= 11 is 1.30. The molecule has 0 spiro atoms. The number of quaternary nitrogens is 1. The Kier molecular flexibility index (Phi) is 13.4. The number of ketones is 1. The molecule has 5 N–H and O–H groups in total. The molecule has 304 valence electrons. The van der Waals surface area contributed by atoms with Crippen molar-refractivity contribution < 1.29 is 48.4 Å². The number of nitrogens with two attached hydrogens (primary N) is 1. The lowest BCUT2D eigenvalue weighted by atomic mass is 9.83. The molecule has 4 fully saturated rings. The van der Waals surface area contributed by atoms with Gasteiger partial charge in [-0.1, -0.05) is 25.3 Å². The van der Waals surface area contributed by atoms with Crippen LogP contribution < -0.4 is 21.3 Å². The average molecular weight is 788 g/mol. The van der Waals surface area contributed by atoms with Crippen LogP contribution in [0.4, 0.5) is 4.79 Å². The highest BCUT2D eigenvalue weighted by atomic mass is 32.1. The van der Waals surface area contributed by atoms with Crippen molar-refractivity contribution in [2.24, 2.45) is 17.8 Å². The molecule has 6 amide bonds. The topological polar surface area (TPSA) is 197 Å². The van der Waals surface area contributed by atoms with E-state index >= 15 is 0 Å². The van der Waals surface area contributed by atoms with Gasteiger partial charge in [-0.05, 0) is 90.0 Å². The zero-order valence-electron chi connectivity index (χ0n) is 33.2. The number of hydrogen-bond donors (Lipinski definition) is 4. The molecule has 1 aromatic heterocycles. The van der Waals surface area contributed by atoms with Crippen LogP contribution in [0, 0.1) is 17.8 Å². The molecule has 2 aliphatic heterocycles. The zero-order valence-corrected chi connectivity index (χ0v) is 34.0. The Balaban J connectivity index is 1.31. The van der Waals surface area contributed by atoms with Crippen LogP contribution in [0.2, 0.25) is 0 Å². The molecule has 2 aliphatic carbocycles. The highest BCUT2D eigenvalue weighted by Gasteiger charge is 2.58. The molecule has 6 unspecified atom stereocenters. The van der Waals surface area contributed by atoms with Crippen LogP contribution in [0.5, 0.6) is 0 Å². The third-order valence-electron chi connectivity index (χ3n) is 10.9. The Morgan fingerprint density at radius 3 is 2.33 bits per heavy atom. The first-order chi connectivity index (χ1) is 25.8. The quantitative estimate of drug-likeness (QED) is 0.203. The fraction of sp³-hybridized carbons (Fsp3) is 0.718. The van der Waals surface area contributed by atoms with Crippen LogP contribution in [0.1, 0.15) is 103 Å². The molecule has 5 rings (SSSR count). The van der Waals surface area contributed by atoms with Crippen LogP contribution in [-0.2, 0) is 38.2 Å². The van der Waals surface area contributed by atoms with Crippen LogP contribution in [0.15, 0.2) is 17.5 Å². The number of carbonyl (C=O) groups excluding carboxylic acids is 7. The maximum atomic E-state index is 14.6. The number of carbonyl (C=O) groups is 7. The molecule has 0 bridgehead atoms. The second-order valence-corrected chi connectivity index (χ2v) is 18.4. The predicted molar refractivity (Wildman–Crippen MR) is 202 cm³/mol. The number of thiophene rings is 1. The van der Waals surface area contributed by atoms with Crippen molar-refractivity contribution in [2.45, 2.75) is 134 Å². The number of alkyl carbamates (subject to hydrolysis) is 1. The van der Waals surface area contributed by atoms with E-state index in [-0.39, 0.29) is 42.5 Å². The van der Waals surface area contributed by atoms with Gasteiger partial charge in [-0.3, -0.25) is 29.3 Å². The zero-order chi connectivity index (χ0) is 40.2. The Labute approximate surface area is 327 Å². The van der Waals surface area contributed by atoms with Gasteiger partial charge in [0.2, 0.25) is 17.7 Å². The molecule has 55 heavy (non-hydrogen) atoms. The van der Waals surface area contributed by atoms with E-state index in [1.54, 1.807) is 52.4 Å². The van der Waals surface area contributed by atoms with E-state index in [4.69, 9.17) is 9.47 Å². The van der Waals surface area contributed by atoms with Crippen molar-refractivity contribution in [3.63, 3.8) is 0 Å². The number of likely N-dealkylation sites (N-methyl/N-ethyl adjacent to an activating group) is 1. The number of Topliss-reactive ketones (excluding diaryl/α,β-unsaturated/α-hetero) is 1. The number of primary amides is 1. The van der Waals surface area contributed by atoms with Gasteiger partial charge in [-0.25, -0.2) is 9.59 Å². The fourth-order valence-electron chi connectivity index (χ4n) is 8.18. The molecule has 0 aromatic carbocycles. The van der Waals surface area contributed by atoms with E-state index in [1.165, 1.54) is 26.5 Å². The van der Waals surface area contributed by atoms with Gasteiger partial charge >= 0.3 is 12.0 Å². The largest absolute Gasteiger partial charge is 0.444 e. The van der Waals surface area contributed by atoms with Crippen molar-refractivity contribution in [3.8, 4) is 0 Å². The summed E-state index contributed by atoms with van der Waals surface area (Å²) < 4.78 is 11.9. The highest BCUT2D eigenvalue weighted by Crippen LogP contribution is 2.43. The number of fused-ring (bicyclic) bond motifs is 1. The van der Waals surface area contributed by atoms with Gasteiger partial charge in [0.25, 0.3) is 11.7 Å². The molecule has 2 saturated heterocycles. The van der Waals surface area contributed by atoms with Gasteiger partial charge < -0.3 is 35.2 Å². The number of nitrogens with zero attached hydrogens (tertiary/aromatic N) is 2. The Hall–Kier alpha value is -3.89. The highest BCUT2D eigenvalue weighted by molar-refractivity contribution is 7.10. The summed E-state index contributed by atoms with van der Waals surface area (Å²) in [4.78, 5) is 98.3. The summed E-state index contributed by atoms with van der Waals surface area (Å²) in [5, 5.41) is 11.0. The third-order valence-corrected chi connectivity index (χ3v) is 11.8. The number of likely N-dealkylation sites (tertiary alicyclic amines) is 1. The Bertz CT molecular complexity index is 1600. The molecule has 0 radical (unpaired) electrons. The van der Waals surface area contributed by atoms with Crippen LogP contribution in [0.25, 0.3) is 0 Å². The molecule has 2 saturated carbocycles. The lowest BCUT2D eigenvalue weighted by molar-refractivity contribution is -0.595. The number of hydrogen-bond acceptors (Lipinski definition) is 10.